The van der Waals surface area contributed by atoms with E-state index in [1.807, 2.05) is 38.1 Å². The van der Waals surface area contributed by atoms with Crippen molar-refractivity contribution in [1.82, 2.24) is 15.5 Å². The number of guanidine groups is 1. The molecule has 1 saturated heterocycles. The second-order valence-electron chi connectivity index (χ2n) is 14.0. The van der Waals surface area contributed by atoms with Crippen molar-refractivity contribution in [3.05, 3.63) is 52.6 Å². The maximum absolute atomic E-state index is 13.9. The summed E-state index contributed by atoms with van der Waals surface area (Å²) in [6.45, 7) is 10.8. The van der Waals surface area contributed by atoms with Crippen LogP contribution in [0.15, 0.2) is 52.4 Å². The van der Waals surface area contributed by atoms with Gasteiger partial charge in [-0.2, -0.15) is 4.72 Å². The molecule has 2 bridgehead atoms. The van der Waals surface area contributed by atoms with Crippen molar-refractivity contribution < 1.29 is 27.6 Å². The highest BCUT2D eigenvalue weighted by atomic mass is 32.2. The molecule has 6 rings (SSSR count). The maximum Gasteiger partial charge on any atom is 0.481 e. The second kappa shape index (κ2) is 13.1. The van der Waals surface area contributed by atoms with E-state index in [-0.39, 0.29) is 47.7 Å². The number of aliphatic imine (C=N–C) groups is 1. The molecule has 250 valence electrons. The number of hydrazine groups is 1. The van der Waals surface area contributed by atoms with Gasteiger partial charge in [-0.3, -0.25) is 4.79 Å². The standard InChI is InChI=1S/C31H45BN6O7S/c1-19(2)15-27(32-44-26-18-22-17-25(30(22,3)4)31(26,5)45-32)35-28(39)24(11-8-14-34-29(33)36-38(40)41)37-46(42,43)23-13-12-20-9-6-7-10-21(20)16-23/h6-7,9-10,12-13,16,19,22,24-27,37H,8,11,14-15,17-18H2,1-5H3,(H,35,39)(H3,33,34,36)/t22-,24-,25-,26+,27-,31-/m0/s1. The Morgan fingerprint density at radius 2 is 1.89 bits per heavy atom. The number of sulfonamides is 1. The fraction of sp³-hybridized carbons (Fsp3) is 0.613. The minimum Gasteiger partial charge on any atom is -0.404 e. The number of nitrogens with one attached hydrogen (secondary N) is 3. The Labute approximate surface area is 270 Å². The predicted molar refractivity (Wildman–Crippen MR) is 175 cm³/mol. The zero-order chi connectivity index (χ0) is 33.4. The largest absolute Gasteiger partial charge is 0.481 e. The fourth-order valence-corrected chi connectivity index (χ4v) is 8.82. The number of carbonyl (C=O) groups is 1. The minimum absolute atomic E-state index is 0.0289. The molecule has 13 nitrogen and oxygen atoms in total. The summed E-state index contributed by atoms with van der Waals surface area (Å²) in [5, 5.41) is 14.5. The van der Waals surface area contributed by atoms with Crippen molar-refractivity contribution >= 4 is 39.8 Å². The van der Waals surface area contributed by atoms with E-state index in [1.165, 1.54) is 6.07 Å². The first-order chi connectivity index (χ1) is 21.6. The second-order valence-corrected chi connectivity index (χ2v) is 15.8. The average molecular weight is 657 g/mol. The zero-order valence-corrected chi connectivity index (χ0v) is 27.9. The van der Waals surface area contributed by atoms with Gasteiger partial charge in [-0.05, 0) is 85.1 Å². The maximum atomic E-state index is 13.9. The van der Waals surface area contributed by atoms with Gasteiger partial charge in [0.1, 0.15) is 6.04 Å². The number of nitrogens with two attached hydrogens (primary N) is 1. The summed E-state index contributed by atoms with van der Waals surface area (Å²) in [4.78, 5) is 28.5. The molecule has 4 aliphatic rings. The van der Waals surface area contributed by atoms with Gasteiger partial charge in [-0.15, -0.1) is 0 Å². The highest BCUT2D eigenvalue weighted by molar-refractivity contribution is 7.89. The number of nitro groups is 1. The Bertz CT molecular complexity index is 1600. The van der Waals surface area contributed by atoms with Crippen LogP contribution in [0.25, 0.3) is 10.8 Å². The highest BCUT2D eigenvalue weighted by Crippen LogP contribution is 2.65. The molecule has 6 atom stereocenters. The van der Waals surface area contributed by atoms with Crippen molar-refractivity contribution in [2.24, 2.45) is 33.9 Å². The molecule has 1 aliphatic heterocycles. The van der Waals surface area contributed by atoms with Gasteiger partial charge in [0.25, 0.3) is 5.96 Å². The zero-order valence-electron chi connectivity index (χ0n) is 27.1. The van der Waals surface area contributed by atoms with E-state index in [0.29, 0.717) is 18.3 Å². The summed E-state index contributed by atoms with van der Waals surface area (Å²) in [6, 6.07) is 11.0. The van der Waals surface area contributed by atoms with Crippen LogP contribution in [0.5, 0.6) is 0 Å². The third-order valence-electron chi connectivity index (χ3n) is 10.1. The van der Waals surface area contributed by atoms with E-state index in [2.05, 4.69) is 35.8 Å². The van der Waals surface area contributed by atoms with Crippen LogP contribution in [0, 0.1) is 33.3 Å². The monoisotopic (exact) mass is 656 g/mol. The van der Waals surface area contributed by atoms with Gasteiger partial charge in [0.05, 0.1) is 22.5 Å². The molecule has 5 N–H and O–H groups in total. The summed E-state index contributed by atoms with van der Waals surface area (Å²) in [6.07, 6.45) is 2.78. The third-order valence-corrected chi connectivity index (χ3v) is 11.6. The van der Waals surface area contributed by atoms with Crippen molar-refractivity contribution in [2.75, 3.05) is 6.54 Å². The van der Waals surface area contributed by atoms with E-state index >= 15 is 0 Å². The lowest BCUT2D eigenvalue weighted by Gasteiger charge is -2.64. The Morgan fingerprint density at radius 1 is 1.17 bits per heavy atom. The molecule has 3 aliphatic carbocycles. The summed E-state index contributed by atoms with van der Waals surface area (Å²) >= 11 is 0. The summed E-state index contributed by atoms with van der Waals surface area (Å²) in [5.74, 6) is -0.303. The lowest BCUT2D eigenvalue weighted by atomic mass is 9.43. The van der Waals surface area contributed by atoms with Gasteiger partial charge in [-0.1, -0.05) is 63.5 Å². The summed E-state index contributed by atoms with van der Waals surface area (Å²) < 4.78 is 43.0. The molecule has 15 heteroatoms. The molecule has 3 saturated carbocycles. The summed E-state index contributed by atoms with van der Waals surface area (Å²) in [7, 11) is -4.79. The van der Waals surface area contributed by atoms with Gasteiger partial charge in [0.15, 0.2) is 5.03 Å². The Kier molecular flexibility index (Phi) is 9.70. The Morgan fingerprint density at radius 3 is 2.57 bits per heavy atom. The molecular weight excluding hydrogens is 611 g/mol. The molecule has 1 heterocycles. The van der Waals surface area contributed by atoms with Crippen molar-refractivity contribution in [2.45, 2.75) is 95.3 Å². The third kappa shape index (κ3) is 7.02. The first-order valence-corrected chi connectivity index (χ1v) is 17.4. The molecule has 0 radical (unpaired) electrons. The quantitative estimate of drug-likeness (QED) is 0.0627. The number of hydrogen-bond donors (Lipinski definition) is 4. The highest BCUT2D eigenvalue weighted by Gasteiger charge is 2.68. The molecule has 1 amide bonds. The van der Waals surface area contributed by atoms with E-state index in [4.69, 9.17) is 15.0 Å². The molecule has 2 aromatic rings. The molecule has 0 aromatic heterocycles. The lowest BCUT2D eigenvalue weighted by molar-refractivity contribution is -0.525. The van der Waals surface area contributed by atoms with Crippen LogP contribution < -0.4 is 21.2 Å². The molecule has 0 unspecified atom stereocenters. The molecule has 0 spiro atoms. The number of rotatable bonds is 13. The van der Waals surface area contributed by atoms with Crippen LogP contribution in [-0.4, -0.2) is 62.7 Å². The number of hydrogen-bond acceptors (Lipinski definition) is 8. The van der Waals surface area contributed by atoms with Crippen molar-refractivity contribution in [3.8, 4) is 0 Å². The van der Waals surface area contributed by atoms with Crippen molar-refractivity contribution in [3.63, 3.8) is 0 Å². The lowest BCUT2D eigenvalue weighted by Crippen LogP contribution is -2.65. The normalized spacial score (nSPS) is 26.7. The first-order valence-electron chi connectivity index (χ1n) is 16.0. The van der Waals surface area contributed by atoms with E-state index in [1.54, 1.807) is 17.6 Å². The Balaban J connectivity index is 1.34. The van der Waals surface area contributed by atoms with Crippen LogP contribution in [0.2, 0.25) is 0 Å². The van der Waals surface area contributed by atoms with Crippen LogP contribution in [-0.2, 0) is 24.1 Å². The van der Waals surface area contributed by atoms with Gasteiger partial charge >= 0.3 is 7.12 Å². The van der Waals surface area contributed by atoms with Crippen molar-refractivity contribution in [1.29, 1.82) is 0 Å². The van der Waals surface area contributed by atoms with Gasteiger partial charge in [0.2, 0.25) is 15.9 Å². The number of fused-ring (bicyclic) bond motifs is 1. The van der Waals surface area contributed by atoms with Crippen LogP contribution in [0.4, 0.5) is 0 Å². The fourth-order valence-electron chi connectivity index (χ4n) is 7.56. The van der Waals surface area contributed by atoms with E-state index in [0.717, 1.165) is 23.6 Å². The van der Waals surface area contributed by atoms with Gasteiger partial charge in [0, 0.05) is 6.54 Å². The number of benzene rings is 2. The SMILES string of the molecule is CC(C)C[C@H](NC(=O)[C@H](CCCN=C(N)N[N+](=O)[O-])NS(=O)(=O)c1ccc2ccccc2c1)B1O[C@@H]2C[C@@H]3C[C@@H](C3(C)C)[C@]2(C)O1. The van der Waals surface area contributed by atoms with E-state index in [9.17, 15) is 23.3 Å². The van der Waals surface area contributed by atoms with Gasteiger partial charge < -0.3 is 20.4 Å². The Hall–Kier alpha value is -3.27. The topological polar surface area (TPSA) is 187 Å². The van der Waals surface area contributed by atoms with Gasteiger partial charge in [-0.25, -0.2) is 23.5 Å². The molecule has 4 fully saturated rings. The van der Waals surface area contributed by atoms with Crippen LogP contribution >= 0.6 is 0 Å². The predicted octanol–water partition coefficient (Wildman–Crippen LogP) is 3.16. The smallest absolute Gasteiger partial charge is 0.404 e. The molecular formula is C31H45BN6O7S. The molecule has 46 heavy (non-hydrogen) atoms. The summed E-state index contributed by atoms with van der Waals surface area (Å²) in [5.41, 5.74) is 6.99. The average Bonchev–Trinajstić information content (AvgIpc) is 3.34. The minimum atomic E-state index is -4.12. The van der Waals surface area contributed by atoms with Crippen LogP contribution in [0.3, 0.4) is 0 Å². The first kappa shape index (κ1) is 34.1. The number of carbonyl (C=O) groups excluding carboxylic acids is 1. The van der Waals surface area contributed by atoms with E-state index < -0.39 is 45.7 Å². The molecule has 2 aromatic carbocycles. The number of amides is 1. The van der Waals surface area contributed by atoms with Crippen LogP contribution in [0.1, 0.15) is 66.7 Å². The number of nitrogens with zero attached hydrogens (tertiary/aromatic N) is 2.